The lowest BCUT2D eigenvalue weighted by atomic mass is 9.59. The molecule has 1 aromatic rings. The summed E-state index contributed by atoms with van der Waals surface area (Å²) in [7, 11) is 3.57. The fourth-order valence-electron chi connectivity index (χ4n) is 7.91. The van der Waals surface area contributed by atoms with Gasteiger partial charge in [0.05, 0.1) is 0 Å². The zero-order valence-corrected chi connectivity index (χ0v) is 34.3. The van der Waals surface area contributed by atoms with E-state index in [1.54, 1.807) is 0 Å². The number of amides is 1. The molecule has 0 aliphatic heterocycles. The summed E-state index contributed by atoms with van der Waals surface area (Å²) in [6.45, 7) is 27.3. The molecule has 0 spiro atoms. The molecular formula is C44H83N3O. The van der Waals surface area contributed by atoms with Crippen molar-refractivity contribution in [3.05, 3.63) is 35.4 Å². The van der Waals surface area contributed by atoms with E-state index in [9.17, 15) is 0 Å². The van der Waals surface area contributed by atoms with E-state index in [2.05, 4.69) is 130 Å². The number of carbonyl (C=O) groups excluding carboxylic acids is 1. The monoisotopic (exact) mass is 670 g/mol. The maximum atomic E-state index is 8.58. The van der Waals surface area contributed by atoms with Crippen LogP contribution in [0, 0.1) is 59.7 Å². The summed E-state index contributed by atoms with van der Waals surface area (Å²) in [5.74, 6) is 7.10. The molecule has 5 atom stereocenters. The Morgan fingerprint density at radius 1 is 1.04 bits per heavy atom. The maximum absolute atomic E-state index is 8.58. The third-order valence-corrected chi connectivity index (χ3v) is 11.0. The molecule has 1 aliphatic carbocycles. The first kappa shape index (κ1) is 48.3. The minimum Gasteiger partial charge on any atom is -0.372 e. The Morgan fingerprint density at radius 2 is 1.60 bits per heavy atom. The number of nitrogens with two attached hydrogens (primary N) is 2. The number of hydrogen-bond donors (Lipinski definition) is 3. The van der Waals surface area contributed by atoms with Crippen LogP contribution in [0.2, 0.25) is 0 Å². The predicted octanol–water partition coefficient (Wildman–Crippen LogP) is 11.1. The number of aryl methyl sites for hydroxylation is 1. The lowest BCUT2D eigenvalue weighted by Crippen LogP contribution is -2.36. The molecule has 1 amide bonds. The molecule has 280 valence electrons. The van der Waals surface area contributed by atoms with Crippen molar-refractivity contribution in [2.45, 2.75) is 165 Å². The van der Waals surface area contributed by atoms with Crippen LogP contribution in [0.25, 0.3) is 0 Å². The van der Waals surface area contributed by atoms with E-state index in [4.69, 9.17) is 11.2 Å². The van der Waals surface area contributed by atoms with Gasteiger partial charge in [-0.1, -0.05) is 131 Å². The zero-order chi connectivity index (χ0) is 37.4. The Kier molecular flexibility index (Phi) is 26.2. The Balaban J connectivity index is 0. The number of unbranched alkanes of at least 4 members (excludes halogenated alkanes) is 1. The van der Waals surface area contributed by atoms with Gasteiger partial charge in [-0.3, -0.25) is 4.79 Å². The topological polar surface area (TPSA) is 81.1 Å². The summed E-state index contributed by atoms with van der Waals surface area (Å²) in [5.41, 5.74) is 12.6. The predicted molar refractivity (Wildman–Crippen MR) is 215 cm³/mol. The van der Waals surface area contributed by atoms with E-state index in [1.807, 2.05) is 0 Å². The van der Waals surface area contributed by atoms with Crippen molar-refractivity contribution in [2.75, 3.05) is 20.6 Å². The molecule has 1 saturated carbocycles. The highest BCUT2D eigenvalue weighted by Crippen LogP contribution is 2.49. The van der Waals surface area contributed by atoms with Gasteiger partial charge in [-0.2, -0.15) is 0 Å². The van der Waals surface area contributed by atoms with E-state index < -0.39 is 0 Å². The summed E-state index contributed by atoms with van der Waals surface area (Å²) in [6, 6.07) is 8.74. The summed E-state index contributed by atoms with van der Waals surface area (Å²) >= 11 is 0. The molecule has 2 rings (SSSR count). The summed E-state index contributed by atoms with van der Waals surface area (Å²) in [6.07, 6.45) is 23.5. The van der Waals surface area contributed by atoms with Gasteiger partial charge in [0.2, 0.25) is 6.41 Å². The van der Waals surface area contributed by atoms with Crippen molar-refractivity contribution >= 4 is 6.41 Å². The summed E-state index contributed by atoms with van der Waals surface area (Å²) < 4.78 is 0. The van der Waals surface area contributed by atoms with E-state index in [1.165, 1.54) is 95.2 Å². The van der Waals surface area contributed by atoms with Crippen LogP contribution in [-0.4, -0.2) is 27.1 Å². The van der Waals surface area contributed by atoms with Crippen molar-refractivity contribution in [3.63, 3.8) is 0 Å². The number of hydrogen-bond acceptors (Lipinski definition) is 3. The third kappa shape index (κ3) is 20.6. The van der Waals surface area contributed by atoms with E-state index in [0.717, 1.165) is 36.6 Å². The molecule has 0 aromatic heterocycles. The number of benzene rings is 1. The molecule has 48 heavy (non-hydrogen) atoms. The summed E-state index contributed by atoms with van der Waals surface area (Å²) in [5, 5.41) is 3.31. The van der Waals surface area contributed by atoms with Crippen LogP contribution < -0.4 is 16.8 Å². The highest BCUT2D eigenvalue weighted by Gasteiger charge is 2.39. The number of nitrogens with one attached hydrogen (secondary N) is 1. The largest absolute Gasteiger partial charge is 0.372 e. The van der Waals surface area contributed by atoms with Gasteiger partial charge >= 0.3 is 0 Å². The number of rotatable bonds is 16. The van der Waals surface area contributed by atoms with Gasteiger partial charge < -0.3 is 16.8 Å². The minimum atomic E-state index is 0.250. The van der Waals surface area contributed by atoms with E-state index in [-0.39, 0.29) is 11.8 Å². The van der Waals surface area contributed by atoms with Gasteiger partial charge in [0, 0.05) is 6.42 Å². The first-order valence-corrected chi connectivity index (χ1v) is 19.4. The van der Waals surface area contributed by atoms with Crippen LogP contribution in [0.1, 0.15) is 164 Å². The van der Waals surface area contributed by atoms with Gasteiger partial charge in [0.15, 0.2) is 0 Å². The Labute approximate surface area is 301 Å². The highest BCUT2D eigenvalue weighted by molar-refractivity contribution is 5.42. The average Bonchev–Trinajstić information content (AvgIpc) is 3.01. The molecule has 1 aliphatic rings. The molecule has 4 heteroatoms. The third-order valence-electron chi connectivity index (χ3n) is 11.0. The number of terminal acetylenes is 1. The fourth-order valence-corrected chi connectivity index (χ4v) is 7.91. The molecule has 0 heterocycles. The maximum Gasteiger partial charge on any atom is 0.204 e. The normalized spacial score (nSPS) is 19.0. The first-order chi connectivity index (χ1) is 22.5. The van der Waals surface area contributed by atoms with Gasteiger partial charge in [-0.05, 0) is 124 Å². The second-order valence-electron chi connectivity index (χ2n) is 17.2. The molecule has 4 nitrogen and oxygen atoms in total. The molecule has 0 bridgehead atoms. The van der Waals surface area contributed by atoms with Gasteiger partial charge in [0.25, 0.3) is 0 Å². The van der Waals surface area contributed by atoms with E-state index in [0.29, 0.717) is 16.7 Å². The van der Waals surface area contributed by atoms with Crippen molar-refractivity contribution in [3.8, 4) is 12.3 Å². The number of carbonyl (C=O) groups is 1. The van der Waals surface area contributed by atoms with Crippen LogP contribution in [0.5, 0.6) is 0 Å². The minimum absolute atomic E-state index is 0.250. The molecular weight excluding hydrogens is 587 g/mol. The standard InChI is InChI=1S/C31H59N.C11H16.CH3NO.CH5N/c1-10-15-27(29-24-26(4)19-21-31(29,7)8)23-25(3)16-14-18-28(17-12-13-22-32-9)30(5,6)20-11-2;1-9-5-7-10(8-6-9)11(2,3)4;2-1-3;1-2/h1,25-29,32H,11-24H2,2-9H3;5-8H,1-4H3;1H,(H2,2,3);2H2,1H3/t25?,26-,27+,28+,29?;;;/m1.../s1. The van der Waals surface area contributed by atoms with Crippen LogP contribution in [-0.2, 0) is 10.2 Å². The van der Waals surface area contributed by atoms with Crippen LogP contribution >= 0.6 is 0 Å². The zero-order valence-electron chi connectivity index (χ0n) is 34.3. The lowest BCUT2D eigenvalue weighted by molar-refractivity contribution is -0.106. The molecule has 0 saturated heterocycles. The quantitative estimate of drug-likeness (QED) is 0.0930. The van der Waals surface area contributed by atoms with Crippen LogP contribution in [0.4, 0.5) is 0 Å². The Hall–Kier alpha value is -1.83. The molecule has 5 N–H and O–H groups in total. The fraction of sp³-hybridized carbons (Fsp3) is 0.795. The van der Waals surface area contributed by atoms with Crippen molar-refractivity contribution in [1.82, 2.24) is 5.32 Å². The first-order valence-electron chi connectivity index (χ1n) is 19.4. The van der Waals surface area contributed by atoms with Crippen molar-refractivity contribution < 1.29 is 4.79 Å². The SMILES string of the molecule is C#CC[C@@H](CC(C)CCC[C@H](CCCCNC)C(C)(C)CCC)C1C[C@H](C)CCC1(C)C.CN.Cc1ccc(C(C)(C)C)cc1.NC=O. The second kappa shape index (κ2) is 26.0. The highest BCUT2D eigenvalue weighted by atomic mass is 16.1. The van der Waals surface area contributed by atoms with Crippen molar-refractivity contribution in [2.24, 2.45) is 51.9 Å². The van der Waals surface area contributed by atoms with Gasteiger partial charge in [0.1, 0.15) is 0 Å². The van der Waals surface area contributed by atoms with Gasteiger partial charge in [-0.15, -0.1) is 12.3 Å². The van der Waals surface area contributed by atoms with Crippen molar-refractivity contribution in [1.29, 1.82) is 0 Å². The number of primary amides is 1. The summed E-state index contributed by atoms with van der Waals surface area (Å²) in [4.78, 5) is 8.58. The lowest BCUT2D eigenvalue weighted by Gasteiger charge is -2.46. The van der Waals surface area contributed by atoms with Gasteiger partial charge in [-0.25, -0.2) is 0 Å². The van der Waals surface area contributed by atoms with Crippen LogP contribution in [0.15, 0.2) is 24.3 Å². The van der Waals surface area contributed by atoms with Crippen LogP contribution in [0.3, 0.4) is 0 Å². The Morgan fingerprint density at radius 3 is 2.10 bits per heavy atom. The molecule has 1 fully saturated rings. The average molecular weight is 670 g/mol. The molecule has 2 unspecified atom stereocenters. The molecule has 1 aromatic carbocycles. The second-order valence-corrected chi connectivity index (χ2v) is 17.2. The smallest absolute Gasteiger partial charge is 0.204 e. The van der Waals surface area contributed by atoms with E-state index >= 15 is 0 Å². The Bertz CT molecular complexity index is 953. The molecule has 0 radical (unpaired) electrons.